The van der Waals surface area contributed by atoms with Gasteiger partial charge in [-0.25, -0.2) is 4.99 Å². The van der Waals surface area contributed by atoms with Gasteiger partial charge < -0.3 is 10.6 Å². The van der Waals surface area contributed by atoms with Crippen LogP contribution in [0.1, 0.15) is 19.4 Å². The van der Waals surface area contributed by atoms with Crippen molar-refractivity contribution in [1.29, 1.82) is 0 Å². The number of fused-ring (bicyclic) bond motifs is 1. The Hall–Kier alpha value is -3.16. The summed E-state index contributed by atoms with van der Waals surface area (Å²) in [7, 11) is 0. The van der Waals surface area contributed by atoms with E-state index in [2.05, 4.69) is 20.6 Å². The molecule has 1 aliphatic heterocycles. The molecule has 1 aliphatic rings. The Morgan fingerprint density at radius 3 is 2.87 bits per heavy atom. The summed E-state index contributed by atoms with van der Waals surface area (Å²) in [4.78, 5) is 33.7. The Labute approximate surface area is 188 Å². The minimum Gasteiger partial charge on any atom is -0.326 e. The Morgan fingerprint density at radius 2 is 2.06 bits per heavy atom. The number of amides is 2. The van der Waals surface area contributed by atoms with Gasteiger partial charge in [-0.3, -0.25) is 14.6 Å². The smallest absolute Gasteiger partial charge is 0.264 e. The lowest BCUT2D eigenvalue weighted by atomic mass is 10.1. The van der Waals surface area contributed by atoms with Gasteiger partial charge in [-0.15, -0.1) is 0 Å². The number of halogens is 1. The highest BCUT2D eigenvalue weighted by Gasteiger charge is 2.24. The van der Waals surface area contributed by atoms with Crippen molar-refractivity contribution in [3.05, 3.63) is 70.2 Å². The summed E-state index contributed by atoms with van der Waals surface area (Å²) in [5, 5.41) is 7.43. The zero-order valence-electron chi connectivity index (χ0n) is 16.8. The highest BCUT2D eigenvalue weighted by atomic mass is 35.5. The first-order chi connectivity index (χ1) is 14.9. The quantitative estimate of drug-likeness (QED) is 0.523. The number of carbonyl (C=O) groups is 2. The van der Waals surface area contributed by atoms with Crippen molar-refractivity contribution in [3.63, 3.8) is 0 Å². The van der Waals surface area contributed by atoms with E-state index >= 15 is 0 Å². The number of pyridine rings is 1. The van der Waals surface area contributed by atoms with Crippen LogP contribution in [0.3, 0.4) is 0 Å². The molecule has 4 rings (SSSR count). The largest absolute Gasteiger partial charge is 0.326 e. The van der Waals surface area contributed by atoms with Gasteiger partial charge in [0.2, 0.25) is 5.91 Å². The van der Waals surface area contributed by atoms with Gasteiger partial charge >= 0.3 is 0 Å². The molecule has 6 nitrogen and oxygen atoms in total. The van der Waals surface area contributed by atoms with Crippen LogP contribution >= 0.6 is 23.4 Å². The number of carbonyl (C=O) groups excluding carboxylic acids is 2. The first-order valence-electron chi connectivity index (χ1n) is 9.64. The summed E-state index contributed by atoms with van der Waals surface area (Å²) in [6, 6.07) is 14.7. The fourth-order valence-electron chi connectivity index (χ4n) is 2.89. The van der Waals surface area contributed by atoms with Crippen LogP contribution in [0.5, 0.6) is 0 Å². The van der Waals surface area contributed by atoms with Gasteiger partial charge in [0.05, 0.1) is 21.1 Å². The maximum Gasteiger partial charge on any atom is 0.264 e. The molecule has 1 fully saturated rings. The van der Waals surface area contributed by atoms with Gasteiger partial charge in [0.1, 0.15) is 0 Å². The van der Waals surface area contributed by atoms with Crippen LogP contribution in [0, 0.1) is 5.92 Å². The minimum atomic E-state index is -0.226. The number of rotatable bonds is 4. The first-order valence-corrected chi connectivity index (χ1v) is 10.8. The molecule has 2 N–H and O–H groups in total. The van der Waals surface area contributed by atoms with Gasteiger partial charge in [0.15, 0.2) is 5.17 Å². The van der Waals surface area contributed by atoms with Crippen LogP contribution in [-0.4, -0.2) is 22.0 Å². The average molecular weight is 451 g/mol. The van der Waals surface area contributed by atoms with E-state index in [9.17, 15) is 9.59 Å². The van der Waals surface area contributed by atoms with Crippen molar-refractivity contribution < 1.29 is 9.59 Å². The van der Waals surface area contributed by atoms with Crippen LogP contribution in [0.4, 0.5) is 11.4 Å². The predicted octanol–water partition coefficient (Wildman–Crippen LogP) is 5.37. The molecule has 8 heteroatoms. The van der Waals surface area contributed by atoms with E-state index in [0.717, 1.165) is 16.5 Å². The van der Waals surface area contributed by atoms with Gasteiger partial charge in [-0.05, 0) is 59.8 Å². The predicted molar refractivity (Wildman–Crippen MR) is 127 cm³/mol. The van der Waals surface area contributed by atoms with E-state index < -0.39 is 0 Å². The second-order valence-corrected chi connectivity index (χ2v) is 8.69. The summed E-state index contributed by atoms with van der Waals surface area (Å²) in [6.07, 6.45) is 3.56. The van der Waals surface area contributed by atoms with Crippen LogP contribution in [0.15, 0.2) is 64.6 Å². The van der Waals surface area contributed by atoms with Crippen LogP contribution in [-0.2, 0) is 9.59 Å². The highest BCUT2D eigenvalue weighted by molar-refractivity contribution is 8.18. The Morgan fingerprint density at radius 1 is 1.23 bits per heavy atom. The number of thioether (sulfide) groups is 1. The third kappa shape index (κ3) is 4.95. The average Bonchev–Trinajstić information content (AvgIpc) is 3.09. The third-order valence-corrected chi connectivity index (χ3v) is 5.77. The van der Waals surface area contributed by atoms with E-state index in [1.54, 1.807) is 24.4 Å². The number of aliphatic imine (C=N–C) groups is 1. The molecule has 0 spiro atoms. The number of hydrogen-bond acceptors (Lipinski definition) is 5. The highest BCUT2D eigenvalue weighted by Crippen LogP contribution is 2.33. The summed E-state index contributed by atoms with van der Waals surface area (Å²) in [6.45, 7) is 3.63. The maximum atomic E-state index is 12.4. The number of hydrogen-bond donors (Lipinski definition) is 2. The Balaban J connectivity index is 1.57. The second-order valence-electron chi connectivity index (χ2n) is 7.25. The molecule has 0 radical (unpaired) electrons. The van der Waals surface area contributed by atoms with E-state index in [1.165, 1.54) is 11.8 Å². The molecule has 31 heavy (non-hydrogen) atoms. The molecular formula is C23H19ClN4O2S. The molecule has 0 atom stereocenters. The fraction of sp³-hybridized carbons (Fsp3) is 0.130. The van der Waals surface area contributed by atoms with Crippen LogP contribution in [0.25, 0.3) is 17.0 Å². The molecule has 0 aliphatic carbocycles. The van der Waals surface area contributed by atoms with E-state index in [-0.39, 0.29) is 17.7 Å². The monoisotopic (exact) mass is 450 g/mol. The van der Waals surface area contributed by atoms with Crippen molar-refractivity contribution >= 4 is 68.7 Å². The van der Waals surface area contributed by atoms with Crippen molar-refractivity contribution in [1.82, 2.24) is 10.3 Å². The number of anilines is 1. The number of nitrogens with one attached hydrogen (secondary N) is 2. The lowest BCUT2D eigenvalue weighted by Crippen LogP contribution is -2.19. The van der Waals surface area contributed by atoms with Crippen molar-refractivity contribution in [2.75, 3.05) is 5.32 Å². The summed E-state index contributed by atoms with van der Waals surface area (Å²) >= 11 is 7.51. The van der Waals surface area contributed by atoms with Crippen molar-refractivity contribution in [3.8, 4) is 0 Å². The van der Waals surface area contributed by atoms with Gasteiger partial charge in [0.25, 0.3) is 5.91 Å². The molecule has 2 aromatic carbocycles. The Bertz CT molecular complexity index is 1250. The van der Waals surface area contributed by atoms with E-state index in [0.29, 0.717) is 26.5 Å². The molecule has 0 unspecified atom stereocenters. The molecule has 0 bridgehead atoms. The molecule has 2 heterocycles. The first kappa shape index (κ1) is 21.1. The number of benzene rings is 2. The van der Waals surface area contributed by atoms with Crippen LogP contribution < -0.4 is 10.6 Å². The molecule has 1 saturated heterocycles. The third-order valence-electron chi connectivity index (χ3n) is 4.54. The summed E-state index contributed by atoms with van der Waals surface area (Å²) in [5.41, 5.74) is 2.85. The fourth-order valence-corrected chi connectivity index (χ4v) is 3.88. The zero-order valence-corrected chi connectivity index (χ0v) is 18.4. The molecular weight excluding hydrogens is 432 g/mol. The molecule has 1 aromatic heterocycles. The van der Waals surface area contributed by atoms with Crippen LogP contribution in [0.2, 0.25) is 5.02 Å². The van der Waals surface area contributed by atoms with Crippen molar-refractivity contribution in [2.45, 2.75) is 13.8 Å². The second kappa shape index (κ2) is 8.91. The molecule has 2 amide bonds. The summed E-state index contributed by atoms with van der Waals surface area (Å²) in [5.74, 6) is -0.468. The molecule has 156 valence electrons. The number of aromatic nitrogens is 1. The van der Waals surface area contributed by atoms with Gasteiger partial charge in [0, 0.05) is 23.2 Å². The van der Waals surface area contributed by atoms with E-state index in [1.807, 2.05) is 50.3 Å². The van der Waals surface area contributed by atoms with Gasteiger partial charge in [-0.2, -0.15) is 0 Å². The lowest BCUT2D eigenvalue weighted by Gasteiger charge is -2.09. The van der Waals surface area contributed by atoms with E-state index in [4.69, 9.17) is 11.6 Å². The maximum absolute atomic E-state index is 12.4. The van der Waals surface area contributed by atoms with Crippen molar-refractivity contribution in [2.24, 2.45) is 10.9 Å². The minimum absolute atomic E-state index is 0.0970. The standard InChI is InChI=1S/C23H19ClN4O2S/c1-13(2)21(29)26-16-6-7-17(24)19(12-16)27-23-28-22(30)20(31-23)11-14-5-8-18-15(10-14)4-3-9-25-18/h3-13H,1-2H3,(H,26,29)(H,27,28,30). The Kier molecular flexibility index (Phi) is 6.06. The number of nitrogens with zero attached hydrogens (tertiary/aromatic N) is 2. The topological polar surface area (TPSA) is 83.5 Å². The molecule has 0 saturated carbocycles. The zero-order chi connectivity index (χ0) is 22.0. The number of amidine groups is 1. The lowest BCUT2D eigenvalue weighted by molar-refractivity contribution is -0.119. The molecule has 3 aromatic rings. The SMILES string of the molecule is CC(C)C(=O)Nc1ccc(Cl)c(N=C2NC(=O)C(=Cc3ccc4ncccc4c3)S2)c1. The normalized spacial score (nSPS) is 16.3. The van der Waals surface area contributed by atoms with Gasteiger partial charge in [-0.1, -0.05) is 37.6 Å². The summed E-state index contributed by atoms with van der Waals surface area (Å²) < 4.78 is 0.